The summed E-state index contributed by atoms with van der Waals surface area (Å²) in [5.41, 5.74) is -0.294. The lowest BCUT2D eigenvalue weighted by molar-refractivity contribution is -0.164. The molecule has 0 bridgehead atoms. The second-order valence-corrected chi connectivity index (χ2v) is 8.48. The minimum atomic E-state index is -0.867. The zero-order valence-electron chi connectivity index (χ0n) is 14.9. The highest BCUT2D eigenvalue weighted by Crippen LogP contribution is 2.62. The highest BCUT2D eigenvalue weighted by atomic mass is 16.4. The summed E-state index contributed by atoms with van der Waals surface area (Å²) in [6.07, 6.45) is 7.70. The fourth-order valence-corrected chi connectivity index (χ4v) is 5.28. The molecule has 0 heterocycles. The Morgan fingerprint density at radius 3 is 2.65 bits per heavy atom. The Morgan fingerprint density at radius 2 is 2.09 bits per heavy atom. The van der Waals surface area contributed by atoms with E-state index in [1.807, 2.05) is 6.92 Å². The van der Waals surface area contributed by atoms with Gasteiger partial charge in [0.25, 0.3) is 0 Å². The summed E-state index contributed by atoms with van der Waals surface area (Å²) in [6, 6.07) is 0. The lowest BCUT2D eigenvalue weighted by atomic mass is 9.46. The van der Waals surface area contributed by atoms with Gasteiger partial charge in [-0.2, -0.15) is 0 Å². The standard InChI is InChI=1S/C20H32O3/c1-6-18(3,23)13-10-15-14(2)8-9-16-19(15,4)11-7-12-20(16,5)17(21)22/h6,15-16,23H,1-2,7-13H2,3-5H3,(H,21,22)/t15-,16+,18+,19+,20+/m0/s1. The van der Waals surface area contributed by atoms with E-state index in [9.17, 15) is 15.0 Å². The Bertz CT molecular complexity index is 507. The van der Waals surface area contributed by atoms with E-state index in [-0.39, 0.29) is 17.3 Å². The van der Waals surface area contributed by atoms with Gasteiger partial charge in [-0.15, -0.1) is 6.58 Å². The third kappa shape index (κ3) is 3.13. The van der Waals surface area contributed by atoms with Crippen molar-refractivity contribution >= 4 is 5.97 Å². The molecule has 2 aliphatic carbocycles. The molecule has 2 N–H and O–H groups in total. The van der Waals surface area contributed by atoms with Gasteiger partial charge in [-0.05, 0) is 69.6 Å². The maximum absolute atomic E-state index is 11.9. The molecule has 0 spiro atoms. The minimum absolute atomic E-state index is 0.0298. The Morgan fingerprint density at radius 1 is 1.43 bits per heavy atom. The molecule has 0 unspecified atom stereocenters. The molecule has 130 valence electrons. The zero-order valence-corrected chi connectivity index (χ0v) is 14.9. The topological polar surface area (TPSA) is 57.5 Å². The average molecular weight is 320 g/mol. The van der Waals surface area contributed by atoms with Crippen molar-refractivity contribution in [1.29, 1.82) is 0 Å². The van der Waals surface area contributed by atoms with Gasteiger partial charge in [-0.3, -0.25) is 4.79 Å². The van der Waals surface area contributed by atoms with Crippen molar-refractivity contribution in [1.82, 2.24) is 0 Å². The van der Waals surface area contributed by atoms with E-state index in [0.29, 0.717) is 6.42 Å². The largest absolute Gasteiger partial charge is 0.481 e. The van der Waals surface area contributed by atoms with Crippen molar-refractivity contribution in [3.63, 3.8) is 0 Å². The second-order valence-electron chi connectivity index (χ2n) is 8.48. The molecule has 0 aliphatic heterocycles. The summed E-state index contributed by atoms with van der Waals surface area (Å²) >= 11 is 0. The number of fused-ring (bicyclic) bond motifs is 1. The molecule has 0 aromatic heterocycles. The van der Waals surface area contributed by atoms with Crippen LogP contribution in [0.15, 0.2) is 24.8 Å². The van der Waals surface area contributed by atoms with Gasteiger partial charge in [0.1, 0.15) is 0 Å². The summed E-state index contributed by atoms with van der Waals surface area (Å²) < 4.78 is 0. The molecular formula is C20H32O3. The number of aliphatic carboxylic acids is 1. The van der Waals surface area contributed by atoms with Crippen molar-refractivity contribution < 1.29 is 15.0 Å². The van der Waals surface area contributed by atoms with Gasteiger partial charge in [-0.1, -0.05) is 31.6 Å². The highest BCUT2D eigenvalue weighted by molar-refractivity contribution is 5.75. The molecule has 2 fully saturated rings. The van der Waals surface area contributed by atoms with E-state index >= 15 is 0 Å². The molecule has 0 amide bonds. The maximum atomic E-state index is 11.9. The first-order valence-corrected chi connectivity index (χ1v) is 8.84. The highest BCUT2D eigenvalue weighted by Gasteiger charge is 2.57. The lowest BCUT2D eigenvalue weighted by Gasteiger charge is -2.57. The van der Waals surface area contributed by atoms with Gasteiger partial charge in [0.05, 0.1) is 11.0 Å². The van der Waals surface area contributed by atoms with E-state index in [1.54, 1.807) is 13.0 Å². The molecule has 23 heavy (non-hydrogen) atoms. The summed E-state index contributed by atoms with van der Waals surface area (Å²) in [4.78, 5) is 11.9. The van der Waals surface area contributed by atoms with E-state index < -0.39 is 17.0 Å². The van der Waals surface area contributed by atoms with Crippen LogP contribution in [0, 0.1) is 22.7 Å². The first-order chi connectivity index (χ1) is 10.6. The Hall–Kier alpha value is -1.09. The van der Waals surface area contributed by atoms with E-state index in [4.69, 9.17) is 0 Å². The van der Waals surface area contributed by atoms with Crippen LogP contribution in [0.25, 0.3) is 0 Å². The molecule has 5 atom stereocenters. The van der Waals surface area contributed by atoms with E-state index in [1.165, 1.54) is 5.57 Å². The quantitative estimate of drug-likeness (QED) is 0.730. The number of carbonyl (C=O) groups is 1. The van der Waals surface area contributed by atoms with Crippen LogP contribution < -0.4 is 0 Å². The van der Waals surface area contributed by atoms with Crippen LogP contribution in [0.5, 0.6) is 0 Å². The Balaban J connectivity index is 2.29. The molecule has 0 saturated heterocycles. The van der Waals surface area contributed by atoms with Gasteiger partial charge in [0, 0.05) is 0 Å². The van der Waals surface area contributed by atoms with E-state index in [2.05, 4.69) is 20.1 Å². The number of carboxylic acids is 1. The fourth-order valence-electron chi connectivity index (χ4n) is 5.28. The van der Waals surface area contributed by atoms with Gasteiger partial charge in [0.15, 0.2) is 0 Å². The van der Waals surface area contributed by atoms with Gasteiger partial charge >= 0.3 is 5.97 Å². The van der Waals surface area contributed by atoms with Crippen molar-refractivity contribution in [3.8, 4) is 0 Å². The maximum Gasteiger partial charge on any atom is 0.309 e. The van der Waals surface area contributed by atoms with E-state index in [0.717, 1.165) is 38.5 Å². The Labute approximate surface area is 140 Å². The van der Waals surface area contributed by atoms with Crippen LogP contribution in [-0.4, -0.2) is 21.8 Å². The number of carboxylic acid groups (broad SMARTS) is 1. The third-order valence-corrected chi connectivity index (χ3v) is 6.89. The number of allylic oxidation sites excluding steroid dienone is 1. The molecule has 2 aliphatic rings. The Kier molecular flexibility index (Phi) is 4.83. The van der Waals surface area contributed by atoms with Crippen molar-refractivity contribution in [2.24, 2.45) is 22.7 Å². The second kappa shape index (κ2) is 6.08. The fraction of sp³-hybridized carbons (Fsp3) is 0.750. The third-order valence-electron chi connectivity index (χ3n) is 6.89. The SMILES string of the molecule is C=C[C@@](C)(O)CC[C@H]1C(=C)CC[C@@H]2[C@]1(C)CCC[C@@]2(C)C(=O)O. The molecule has 2 saturated carbocycles. The van der Waals surface area contributed by atoms with Crippen LogP contribution in [-0.2, 0) is 4.79 Å². The number of hydrogen-bond acceptors (Lipinski definition) is 2. The molecule has 0 radical (unpaired) electrons. The average Bonchev–Trinajstić information content (AvgIpc) is 2.46. The molecule has 3 nitrogen and oxygen atoms in total. The molecule has 2 rings (SSSR count). The lowest BCUT2D eigenvalue weighted by Crippen LogP contribution is -2.53. The van der Waals surface area contributed by atoms with Crippen LogP contribution in [0.2, 0.25) is 0 Å². The van der Waals surface area contributed by atoms with Crippen LogP contribution >= 0.6 is 0 Å². The van der Waals surface area contributed by atoms with Crippen molar-refractivity contribution in [3.05, 3.63) is 24.8 Å². The number of aliphatic hydroxyl groups is 1. The van der Waals surface area contributed by atoms with Gasteiger partial charge in [-0.25, -0.2) is 0 Å². The monoisotopic (exact) mass is 320 g/mol. The number of rotatable bonds is 5. The van der Waals surface area contributed by atoms with Crippen LogP contribution in [0.3, 0.4) is 0 Å². The molecule has 0 aromatic carbocycles. The van der Waals surface area contributed by atoms with Crippen LogP contribution in [0.4, 0.5) is 0 Å². The predicted octanol–water partition coefficient (Wildman–Crippen LogP) is 4.57. The van der Waals surface area contributed by atoms with Gasteiger partial charge < -0.3 is 10.2 Å². The van der Waals surface area contributed by atoms with Crippen molar-refractivity contribution in [2.75, 3.05) is 0 Å². The summed E-state index contributed by atoms with van der Waals surface area (Å²) in [7, 11) is 0. The van der Waals surface area contributed by atoms with Crippen LogP contribution in [0.1, 0.15) is 65.7 Å². The molecular weight excluding hydrogens is 288 g/mol. The zero-order chi connectivity index (χ0) is 17.5. The van der Waals surface area contributed by atoms with Gasteiger partial charge in [0.2, 0.25) is 0 Å². The smallest absolute Gasteiger partial charge is 0.309 e. The van der Waals surface area contributed by atoms with Crippen molar-refractivity contribution in [2.45, 2.75) is 71.3 Å². The first-order valence-electron chi connectivity index (χ1n) is 8.84. The molecule has 0 aromatic rings. The first kappa shape index (κ1) is 18.3. The minimum Gasteiger partial charge on any atom is -0.481 e. The molecule has 3 heteroatoms. The number of hydrogen-bond donors (Lipinski definition) is 2. The summed E-state index contributed by atoms with van der Waals surface area (Å²) in [6.45, 7) is 14.0. The predicted molar refractivity (Wildman–Crippen MR) is 93.1 cm³/mol. The summed E-state index contributed by atoms with van der Waals surface area (Å²) in [5.74, 6) is -0.185. The summed E-state index contributed by atoms with van der Waals surface area (Å²) in [5, 5.41) is 20.1. The normalized spacial score (nSPS) is 40.1.